The Bertz CT molecular complexity index is 797. The monoisotopic (exact) mass is 396 g/mol. The number of ether oxygens (including phenoxy) is 1. The lowest BCUT2D eigenvalue weighted by atomic mass is 10.1. The van der Waals surface area contributed by atoms with Crippen molar-refractivity contribution in [3.63, 3.8) is 0 Å². The highest BCUT2D eigenvalue weighted by Gasteiger charge is 2.18. The Kier molecular flexibility index (Phi) is 7.81. The molecule has 6 heteroatoms. The van der Waals surface area contributed by atoms with E-state index in [1.165, 1.54) is 5.56 Å². The van der Waals surface area contributed by atoms with Gasteiger partial charge >= 0.3 is 0 Å². The summed E-state index contributed by atoms with van der Waals surface area (Å²) in [6.45, 7) is 8.77. The van der Waals surface area contributed by atoms with Gasteiger partial charge in [0.15, 0.2) is 5.84 Å². The Labute approximate surface area is 171 Å². The molecule has 1 aliphatic rings. The highest BCUT2D eigenvalue weighted by Crippen LogP contribution is 2.13. The van der Waals surface area contributed by atoms with Gasteiger partial charge in [0, 0.05) is 25.1 Å². The van der Waals surface area contributed by atoms with Crippen LogP contribution in [0.4, 0.5) is 0 Å². The summed E-state index contributed by atoms with van der Waals surface area (Å²) in [4.78, 5) is 12.4. The molecule has 1 unspecified atom stereocenters. The first kappa shape index (κ1) is 21.0. The van der Waals surface area contributed by atoms with Crippen LogP contribution in [0.15, 0.2) is 60.3 Å². The molecule has 1 fully saturated rings. The number of aryl methyl sites for hydroxylation is 1. The fourth-order valence-corrected chi connectivity index (χ4v) is 3.13. The van der Waals surface area contributed by atoms with Crippen molar-refractivity contribution >= 4 is 11.9 Å². The number of nitrogens with zero attached hydrogens (tertiary/aromatic N) is 2. The lowest BCUT2D eigenvalue weighted by molar-refractivity contribution is -0.286. The third-order valence-corrected chi connectivity index (χ3v) is 4.86. The first-order valence-electron chi connectivity index (χ1n) is 9.81. The molecule has 0 aromatic heterocycles. The summed E-state index contributed by atoms with van der Waals surface area (Å²) in [6.07, 6.45) is 1.79. The van der Waals surface area contributed by atoms with Crippen LogP contribution in [-0.4, -0.2) is 55.0 Å². The van der Waals surface area contributed by atoms with Crippen LogP contribution >= 0.6 is 0 Å². The molecule has 6 nitrogen and oxygen atoms in total. The number of hydrogen-bond acceptors (Lipinski definition) is 5. The van der Waals surface area contributed by atoms with Crippen molar-refractivity contribution in [2.24, 2.45) is 5.16 Å². The molecule has 1 heterocycles. The first-order valence-corrected chi connectivity index (χ1v) is 9.81. The van der Waals surface area contributed by atoms with Crippen molar-refractivity contribution in [1.29, 1.82) is 0 Å². The number of oxime groups is 1. The first-order chi connectivity index (χ1) is 14.2. The molecular weight excluding hydrogens is 368 g/mol. The number of amidine groups is 1. The summed E-state index contributed by atoms with van der Waals surface area (Å²) >= 11 is 0. The van der Waals surface area contributed by atoms with Gasteiger partial charge in [-0.25, -0.2) is 4.89 Å². The lowest BCUT2D eigenvalue weighted by Crippen LogP contribution is -2.41. The standard InChI is InChI=1S/C23H28N2O4/c1-3-19-6-8-20(9-7-19)16-22(29-26)17-28-24-23(25-12-14-27-15-13-25)21-10-4-18(2)5-11-21/h3-11,22,26H,1,12-17H2,2H3/b24-23-. The largest absolute Gasteiger partial charge is 0.391 e. The zero-order valence-electron chi connectivity index (χ0n) is 16.8. The predicted octanol–water partition coefficient (Wildman–Crippen LogP) is 3.75. The second kappa shape index (κ2) is 10.8. The van der Waals surface area contributed by atoms with Gasteiger partial charge in [-0.1, -0.05) is 71.9 Å². The topological polar surface area (TPSA) is 63.5 Å². The lowest BCUT2D eigenvalue weighted by Gasteiger charge is -2.29. The highest BCUT2D eigenvalue weighted by molar-refractivity contribution is 5.98. The molecule has 0 aliphatic carbocycles. The van der Waals surface area contributed by atoms with E-state index in [0.29, 0.717) is 19.6 Å². The summed E-state index contributed by atoms with van der Waals surface area (Å²) in [6, 6.07) is 16.1. The van der Waals surface area contributed by atoms with Crippen LogP contribution in [0, 0.1) is 6.92 Å². The molecule has 0 amide bonds. The normalized spacial score (nSPS) is 15.8. The highest BCUT2D eigenvalue weighted by atomic mass is 17.1. The number of benzene rings is 2. The fraction of sp³-hybridized carbons (Fsp3) is 0.348. The van der Waals surface area contributed by atoms with Gasteiger partial charge in [0.2, 0.25) is 0 Å². The van der Waals surface area contributed by atoms with Gasteiger partial charge in [-0.15, -0.1) is 0 Å². The van der Waals surface area contributed by atoms with Crippen molar-refractivity contribution in [2.75, 3.05) is 32.9 Å². The van der Waals surface area contributed by atoms with Crippen LogP contribution in [0.1, 0.15) is 22.3 Å². The Balaban J connectivity index is 1.66. The molecule has 0 saturated carbocycles. The van der Waals surface area contributed by atoms with Crippen molar-refractivity contribution in [3.8, 4) is 0 Å². The predicted molar refractivity (Wildman–Crippen MR) is 114 cm³/mol. The Morgan fingerprint density at radius 2 is 1.86 bits per heavy atom. The van der Waals surface area contributed by atoms with E-state index >= 15 is 0 Å². The van der Waals surface area contributed by atoms with E-state index in [-0.39, 0.29) is 6.61 Å². The molecule has 1 saturated heterocycles. The zero-order valence-corrected chi connectivity index (χ0v) is 16.8. The van der Waals surface area contributed by atoms with E-state index in [1.54, 1.807) is 6.08 Å². The average Bonchev–Trinajstić information content (AvgIpc) is 2.78. The van der Waals surface area contributed by atoms with Crippen LogP contribution in [0.5, 0.6) is 0 Å². The van der Waals surface area contributed by atoms with E-state index in [9.17, 15) is 5.26 Å². The van der Waals surface area contributed by atoms with Crippen LogP contribution in [0.25, 0.3) is 6.08 Å². The molecule has 1 aliphatic heterocycles. The third-order valence-electron chi connectivity index (χ3n) is 4.86. The van der Waals surface area contributed by atoms with E-state index in [0.717, 1.165) is 35.6 Å². The fourth-order valence-electron chi connectivity index (χ4n) is 3.13. The molecule has 0 spiro atoms. The number of rotatable bonds is 8. The summed E-state index contributed by atoms with van der Waals surface area (Å²) in [5.41, 5.74) is 4.25. The van der Waals surface area contributed by atoms with E-state index in [2.05, 4.69) is 40.6 Å². The van der Waals surface area contributed by atoms with E-state index in [1.807, 2.05) is 36.4 Å². The smallest absolute Gasteiger partial charge is 0.175 e. The molecule has 0 bridgehead atoms. The Morgan fingerprint density at radius 1 is 1.17 bits per heavy atom. The van der Waals surface area contributed by atoms with E-state index in [4.69, 9.17) is 9.57 Å². The molecule has 3 rings (SSSR count). The van der Waals surface area contributed by atoms with Gasteiger partial charge in [0.1, 0.15) is 12.7 Å². The summed E-state index contributed by atoms with van der Waals surface area (Å²) in [7, 11) is 0. The molecule has 29 heavy (non-hydrogen) atoms. The summed E-state index contributed by atoms with van der Waals surface area (Å²) in [5.74, 6) is 0.764. The van der Waals surface area contributed by atoms with Gasteiger partial charge < -0.3 is 14.5 Å². The number of hydrogen-bond donors (Lipinski definition) is 1. The van der Waals surface area contributed by atoms with Crippen molar-refractivity contribution in [3.05, 3.63) is 77.4 Å². The molecule has 1 atom stereocenters. The second-order valence-electron chi connectivity index (χ2n) is 7.05. The minimum atomic E-state index is -0.516. The van der Waals surface area contributed by atoms with Gasteiger partial charge in [0.05, 0.1) is 13.2 Å². The second-order valence-corrected chi connectivity index (χ2v) is 7.05. The minimum absolute atomic E-state index is 0.138. The van der Waals surface area contributed by atoms with Crippen LogP contribution < -0.4 is 0 Å². The van der Waals surface area contributed by atoms with Gasteiger partial charge in [-0.2, -0.15) is 0 Å². The van der Waals surface area contributed by atoms with Crippen LogP contribution in [0.2, 0.25) is 0 Å². The molecule has 154 valence electrons. The SMILES string of the molecule is C=Cc1ccc(CC(CO/N=C(/c2ccc(C)cc2)N2CCOCC2)OO)cc1. The van der Waals surface area contributed by atoms with Crippen molar-refractivity contribution in [1.82, 2.24) is 4.90 Å². The Hall–Kier alpha value is -2.67. The molecule has 2 aromatic carbocycles. The van der Waals surface area contributed by atoms with Gasteiger partial charge in [-0.3, -0.25) is 5.26 Å². The van der Waals surface area contributed by atoms with Gasteiger partial charge in [0.25, 0.3) is 0 Å². The van der Waals surface area contributed by atoms with Crippen molar-refractivity contribution in [2.45, 2.75) is 19.4 Å². The van der Waals surface area contributed by atoms with Crippen LogP contribution in [0.3, 0.4) is 0 Å². The van der Waals surface area contributed by atoms with E-state index < -0.39 is 6.10 Å². The van der Waals surface area contributed by atoms with Gasteiger partial charge in [-0.05, 0) is 18.1 Å². The maximum atomic E-state index is 9.28. The summed E-state index contributed by atoms with van der Waals surface area (Å²) in [5, 5.41) is 13.7. The maximum absolute atomic E-state index is 9.28. The molecule has 0 radical (unpaired) electrons. The Morgan fingerprint density at radius 3 is 2.48 bits per heavy atom. The minimum Gasteiger partial charge on any atom is -0.391 e. The summed E-state index contributed by atoms with van der Waals surface area (Å²) < 4.78 is 5.45. The average molecular weight is 396 g/mol. The quantitative estimate of drug-likeness (QED) is 0.319. The molecule has 1 N–H and O–H groups in total. The third kappa shape index (κ3) is 6.15. The van der Waals surface area contributed by atoms with Crippen LogP contribution in [-0.2, 0) is 20.9 Å². The molecular formula is C23H28N2O4. The number of morpholine rings is 1. The maximum Gasteiger partial charge on any atom is 0.175 e. The zero-order chi connectivity index (χ0) is 20.5. The molecule has 2 aromatic rings. The van der Waals surface area contributed by atoms with Crippen molar-refractivity contribution < 1.29 is 19.7 Å².